The molecule has 2 aromatic rings. The molecule has 0 bridgehead atoms. The molecule has 0 saturated heterocycles. The van der Waals surface area contributed by atoms with Gasteiger partial charge in [0.05, 0.1) is 33.4 Å². The van der Waals surface area contributed by atoms with E-state index in [4.69, 9.17) is 11.6 Å². The number of nitrogens with zero attached hydrogens (tertiary/aromatic N) is 1. The van der Waals surface area contributed by atoms with Gasteiger partial charge in [-0.3, -0.25) is 4.79 Å². The first kappa shape index (κ1) is 15.8. The van der Waals surface area contributed by atoms with Crippen molar-refractivity contribution in [2.75, 3.05) is 5.32 Å². The van der Waals surface area contributed by atoms with Gasteiger partial charge in [-0.2, -0.15) is 13.2 Å². The number of thiazole rings is 1. The highest BCUT2D eigenvalue weighted by Crippen LogP contribution is 2.33. The Hall–Kier alpha value is -1.60. The van der Waals surface area contributed by atoms with E-state index >= 15 is 0 Å². The minimum absolute atomic E-state index is 0.0170. The van der Waals surface area contributed by atoms with Crippen molar-refractivity contribution < 1.29 is 18.0 Å². The maximum atomic E-state index is 12.6. The van der Waals surface area contributed by atoms with Gasteiger partial charge in [-0.1, -0.05) is 11.6 Å². The van der Waals surface area contributed by atoms with Crippen molar-refractivity contribution in [1.29, 1.82) is 0 Å². The largest absolute Gasteiger partial charge is 0.416 e. The zero-order valence-electron chi connectivity index (χ0n) is 10.8. The molecule has 0 aliphatic heterocycles. The molecular formula is C13H10ClF3N2OS. The number of amides is 1. The maximum absolute atomic E-state index is 12.6. The van der Waals surface area contributed by atoms with Gasteiger partial charge in [0.15, 0.2) is 0 Å². The fraction of sp³-hybridized carbons (Fsp3) is 0.231. The third kappa shape index (κ3) is 4.18. The Labute approximate surface area is 127 Å². The van der Waals surface area contributed by atoms with E-state index in [0.717, 1.165) is 23.2 Å². The van der Waals surface area contributed by atoms with E-state index in [9.17, 15) is 18.0 Å². The van der Waals surface area contributed by atoms with E-state index in [1.165, 1.54) is 11.3 Å². The lowest BCUT2D eigenvalue weighted by molar-refractivity contribution is -0.137. The molecule has 1 N–H and O–H groups in total. The van der Waals surface area contributed by atoms with Gasteiger partial charge in [-0.05, 0) is 25.1 Å². The lowest BCUT2D eigenvalue weighted by Gasteiger charge is -2.11. The van der Waals surface area contributed by atoms with Crippen LogP contribution in [0.15, 0.2) is 23.6 Å². The predicted molar refractivity (Wildman–Crippen MR) is 75.6 cm³/mol. The molecule has 0 fully saturated rings. The molecule has 0 aliphatic rings. The van der Waals surface area contributed by atoms with Crippen molar-refractivity contribution in [2.45, 2.75) is 19.5 Å². The van der Waals surface area contributed by atoms with Gasteiger partial charge >= 0.3 is 6.18 Å². The summed E-state index contributed by atoms with van der Waals surface area (Å²) in [7, 11) is 0. The number of nitrogens with one attached hydrogen (secondary N) is 1. The van der Waals surface area contributed by atoms with Crippen LogP contribution in [-0.2, 0) is 17.4 Å². The molecular weight excluding hydrogens is 325 g/mol. The van der Waals surface area contributed by atoms with Gasteiger partial charge in [0.1, 0.15) is 0 Å². The molecule has 0 radical (unpaired) electrons. The standard InChI is InChI=1S/C13H10ClF3N2OS/c1-7-18-9(6-21-7)5-12(20)19-11-4-8(13(15,16)17)2-3-10(11)14/h2-4,6H,5H2,1H3,(H,19,20). The highest BCUT2D eigenvalue weighted by Gasteiger charge is 2.31. The summed E-state index contributed by atoms with van der Waals surface area (Å²) in [5, 5.41) is 4.96. The van der Waals surface area contributed by atoms with Gasteiger partial charge in [-0.25, -0.2) is 4.98 Å². The third-order valence-electron chi connectivity index (χ3n) is 2.58. The Morgan fingerprint density at radius 1 is 1.43 bits per heavy atom. The molecule has 21 heavy (non-hydrogen) atoms. The van der Waals surface area contributed by atoms with Crippen molar-refractivity contribution in [2.24, 2.45) is 0 Å². The van der Waals surface area contributed by atoms with E-state index in [-0.39, 0.29) is 17.1 Å². The highest BCUT2D eigenvalue weighted by molar-refractivity contribution is 7.09. The first-order chi connectivity index (χ1) is 9.75. The summed E-state index contributed by atoms with van der Waals surface area (Å²) < 4.78 is 37.9. The van der Waals surface area contributed by atoms with Crippen molar-refractivity contribution in [3.63, 3.8) is 0 Å². The normalized spacial score (nSPS) is 11.5. The van der Waals surface area contributed by atoms with Crippen molar-refractivity contribution in [3.8, 4) is 0 Å². The summed E-state index contributed by atoms with van der Waals surface area (Å²) >= 11 is 7.20. The van der Waals surface area contributed by atoms with Crippen LogP contribution in [0.3, 0.4) is 0 Å². The summed E-state index contributed by atoms with van der Waals surface area (Å²) in [6.07, 6.45) is -4.51. The van der Waals surface area contributed by atoms with E-state index in [0.29, 0.717) is 5.69 Å². The monoisotopic (exact) mass is 334 g/mol. The number of benzene rings is 1. The average Bonchev–Trinajstić information content (AvgIpc) is 2.76. The fourth-order valence-corrected chi connectivity index (χ4v) is 2.42. The average molecular weight is 335 g/mol. The number of carbonyl (C=O) groups excluding carboxylic acids is 1. The fourth-order valence-electron chi connectivity index (χ4n) is 1.65. The van der Waals surface area contributed by atoms with Gasteiger partial charge in [0, 0.05) is 5.38 Å². The topological polar surface area (TPSA) is 42.0 Å². The number of hydrogen-bond acceptors (Lipinski definition) is 3. The molecule has 1 amide bonds. The number of halogens is 4. The second-order valence-corrected chi connectivity index (χ2v) is 5.74. The van der Waals surface area contributed by atoms with Gasteiger partial charge < -0.3 is 5.32 Å². The lowest BCUT2D eigenvalue weighted by Crippen LogP contribution is -2.16. The second-order valence-electron chi connectivity index (χ2n) is 4.28. The molecule has 1 aromatic carbocycles. The van der Waals surface area contributed by atoms with Crippen LogP contribution in [0.1, 0.15) is 16.3 Å². The molecule has 2 rings (SSSR count). The highest BCUT2D eigenvalue weighted by atomic mass is 35.5. The maximum Gasteiger partial charge on any atom is 0.416 e. The van der Waals surface area contributed by atoms with Crippen LogP contribution < -0.4 is 5.32 Å². The smallest absolute Gasteiger partial charge is 0.324 e. The van der Waals surface area contributed by atoms with Crippen LogP contribution >= 0.6 is 22.9 Å². The summed E-state index contributed by atoms with van der Waals surface area (Å²) in [5.41, 5.74) is -0.367. The van der Waals surface area contributed by atoms with Crippen molar-refractivity contribution in [1.82, 2.24) is 4.98 Å². The Morgan fingerprint density at radius 2 is 2.14 bits per heavy atom. The van der Waals surface area contributed by atoms with Crippen LogP contribution in [0.25, 0.3) is 0 Å². The quantitative estimate of drug-likeness (QED) is 0.909. The van der Waals surface area contributed by atoms with Crippen LogP contribution in [-0.4, -0.2) is 10.9 Å². The van der Waals surface area contributed by atoms with E-state index in [2.05, 4.69) is 10.3 Å². The second kappa shape index (κ2) is 6.03. The van der Waals surface area contributed by atoms with E-state index in [1.807, 2.05) is 0 Å². The van der Waals surface area contributed by atoms with Gasteiger partial charge in [-0.15, -0.1) is 11.3 Å². The minimum atomic E-state index is -4.49. The van der Waals surface area contributed by atoms with Crippen LogP contribution in [0.5, 0.6) is 0 Å². The summed E-state index contributed by atoms with van der Waals surface area (Å²) in [6, 6.07) is 2.78. The summed E-state index contributed by atoms with van der Waals surface area (Å²) in [4.78, 5) is 15.9. The Balaban J connectivity index is 2.13. The number of hydrogen-bond donors (Lipinski definition) is 1. The molecule has 0 unspecified atom stereocenters. The van der Waals surface area contributed by atoms with Crippen LogP contribution in [0.4, 0.5) is 18.9 Å². The number of rotatable bonds is 3. The summed E-state index contributed by atoms with van der Waals surface area (Å²) in [5.74, 6) is -0.471. The molecule has 1 aromatic heterocycles. The number of aromatic nitrogens is 1. The zero-order valence-corrected chi connectivity index (χ0v) is 12.4. The number of carbonyl (C=O) groups is 1. The third-order valence-corrected chi connectivity index (χ3v) is 3.73. The number of aryl methyl sites for hydroxylation is 1. The molecule has 0 saturated carbocycles. The SMILES string of the molecule is Cc1nc(CC(=O)Nc2cc(C(F)(F)F)ccc2Cl)cs1. The molecule has 1 heterocycles. The minimum Gasteiger partial charge on any atom is -0.324 e. The van der Waals surface area contributed by atoms with E-state index in [1.54, 1.807) is 12.3 Å². The molecule has 112 valence electrons. The van der Waals surface area contributed by atoms with Crippen LogP contribution in [0, 0.1) is 6.92 Å². The van der Waals surface area contributed by atoms with Gasteiger partial charge in [0.25, 0.3) is 0 Å². The number of anilines is 1. The van der Waals surface area contributed by atoms with Gasteiger partial charge in [0.2, 0.25) is 5.91 Å². The van der Waals surface area contributed by atoms with Crippen LogP contribution in [0.2, 0.25) is 5.02 Å². The molecule has 8 heteroatoms. The lowest BCUT2D eigenvalue weighted by atomic mass is 10.2. The Bertz CT molecular complexity index is 670. The predicted octanol–water partition coefficient (Wildman–Crippen LogP) is 4.30. The number of alkyl halides is 3. The molecule has 0 atom stereocenters. The molecule has 0 spiro atoms. The first-order valence-electron chi connectivity index (χ1n) is 5.83. The summed E-state index contributed by atoms with van der Waals surface area (Å²) in [6.45, 7) is 1.80. The molecule has 0 aliphatic carbocycles. The molecule has 3 nitrogen and oxygen atoms in total. The van der Waals surface area contributed by atoms with Crippen molar-refractivity contribution >= 4 is 34.5 Å². The Morgan fingerprint density at radius 3 is 2.71 bits per heavy atom. The Kier molecular flexibility index (Phi) is 4.53. The zero-order chi connectivity index (χ0) is 15.6. The first-order valence-corrected chi connectivity index (χ1v) is 7.09. The van der Waals surface area contributed by atoms with E-state index < -0.39 is 17.6 Å². The van der Waals surface area contributed by atoms with Crippen molar-refractivity contribution in [3.05, 3.63) is 44.9 Å².